The monoisotopic (exact) mass is 485 g/mol. The molecule has 0 bridgehead atoms. The lowest BCUT2D eigenvalue weighted by atomic mass is 9.92. The maximum atomic E-state index is 12.3. The molecule has 1 unspecified atom stereocenters. The summed E-state index contributed by atoms with van der Waals surface area (Å²) in [5, 5.41) is 8.30. The molecular weight excluding hydrogens is 454 g/mol. The van der Waals surface area contributed by atoms with E-state index < -0.39 is 6.09 Å². The normalized spacial score (nSPS) is 16.5. The second-order valence-electron chi connectivity index (χ2n) is 9.83. The van der Waals surface area contributed by atoms with Gasteiger partial charge in [-0.25, -0.2) is 4.79 Å². The molecule has 2 aliphatic rings. The minimum atomic E-state index is -0.405. The Balaban J connectivity index is 1.41. The molecule has 2 saturated carbocycles. The fourth-order valence-electron chi connectivity index (χ4n) is 5.14. The van der Waals surface area contributed by atoms with Gasteiger partial charge >= 0.3 is 6.09 Å². The van der Waals surface area contributed by atoms with Crippen LogP contribution in [0.4, 0.5) is 10.5 Å². The van der Waals surface area contributed by atoms with Gasteiger partial charge in [0.05, 0.1) is 17.8 Å². The van der Waals surface area contributed by atoms with Gasteiger partial charge in [0.1, 0.15) is 23.8 Å². The molecular formula is C29H31N3O4. The van der Waals surface area contributed by atoms with E-state index >= 15 is 0 Å². The predicted molar refractivity (Wildman–Crippen MR) is 139 cm³/mol. The summed E-state index contributed by atoms with van der Waals surface area (Å²) in [5.74, 6) is 1.37. The molecule has 186 valence electrons. The average molecular weight is 486 g/mol. The van der Waals surface area contributed by atoms with Crippen LogP contribution in [0.3, 0.4) is 0 Å². The minimum Gasteiger partial charge on any atom is -0.494 e. The first-order chi connectivity index (χ1) is 17.6. The van der Waals surface area contributed by atoms with Crippen molar-refractivity contribution in [1.82, 2.24) is 9.72 Å². The molecule has 0 radical (unpaired) electrons. The van der Waals surface area contributed by atoms with Crippen LogP contribution < -0.4 is 10.1 Å². The molecule has 2 aliphatic carbocycles. The third-order valence-electron chi connectivity index (χ3n) is 7.40. The van der Waals surface area contributed by atoms with Gasteiger partial charge < -0.3 is 18.6 Å². The highest BCUT2D eigenvalue weighted by Gasteiger charge is 2.31. The molecule has 2 aromatic heterocycles. The molecule has 2 fully saturated rings. The number of aromatic nitrogens is 2. The van der Waals surface area contributed by atoms with Gasteiger partial charge in [-0.3, -0.25) is 5.32 Å². The molecule has 7 nitrogen and oxygen atoms in total. The molecule has 2 heterocycles. The zero-order valence-electron chi connectivity index (χ0n) is 20.7. The Morgan fingerprint density at radius 3 is 2.58 bits per heavy atom. The van der Waals surface area contributed by atoms with Crippen LogP contribution in [0, 0.1) is 5.92 Å². The number of ether oxygens (including phenoxy) is 2. The number of amides is 1. The van der Waals surface area contributed by atoms with E-state index in [1.54, 1.807) is 6.26 Å². The molecule has 0 saturated heterocycles. The van der Waals surface area contributed by atoms with E-state index in [1.807, 2.05) is 38.1 Å². The standard InChI is InChI=1S/C29H31N3O4/c1-3-34-23-13-14-24-26(17-23)32(22-5-4-6-22)28(27(24)25-15-16-35-31-25)20-9-11-21(12-10-20)30-29(33)36-18(2)19-7-8-19/h9-19,22H,3-8H2,1-2H3,(H,30,33). The first kappa shape index (κ1) is 22.7. The molecule has 0 aliphatic heterocycles. The highest BCUT2D eigenvalue weighted by atomic mass is 16.6. The molecule has 1 amide bonds. The average Bonchev–Trinajstić information content (AvgIpc) is 3.47. The maximum Gasteiger partial charge on any atom is 0.411 e. The van der Waals surface area contributed by atoms with Crippen LogP contribution >= 0.6 is 0 Å². The van der Waals surface area contributed by atoms with E-state index in [4.69, 9.17) is 14.0 Å². The van der Waals surface area contributed by atoms with Crippen LogP contribution in [0.15, 0.2) is 59.3 Å². The lowest BCUT2D eigenvalue weighted by Crippen LogP contribution is -2.21. The topological polar surface area (TPSA) is 78.5 Å². The predicted octanol–water partition coefficient (Wildman–Crippen LogP) is 7.43. The molecule has 4 aromatic rings. The zero-order valence-corrected chi connectivity index (χ0v) is 20.7. The van der Waals surface area contributed by atoms with Gasteiger partial charge in [-0.15, -0.1) is 0 Å². The summed E-state index contributed by atoms with van der Waals surface area (Å²) in [6, 6.07) is 16.6. The van der Waals surface area contributed by atoms with Crippen LogP contribution in [0.2, 0.25) is 0 Å². The van der Waals surface area contributed by atoms with E-state index in [-0.39, 0.29) is 6.10 Å². The number of hydrogen-bond donors (Lipinski definition) is 1. The quantitative estimate of drug-likeness (QED) is 0.281. The number of rotatable bonds is 8. The van der Waals surface area contributed by atoms with Gasteiger partial charge in [0, 0.05) is 34.8 Å². The third kappa shape index (κ3) is 4.23. The Labute approximate surface area is 210 Å². The number of hydrogen-bond acceptors (Lipinski definition) is 5. The lowest BCUT2D eigenvalue weighted by Gasteiger charge is -2.30. The number of carbonyl (C=O) groups excluding carboxylic acids is 1. The summed E-state index contributed by atoms with van der Waals surface area (Å²) in [5.41, 5.74) is 5.86. The largest absolute Gasteiger partial charge is 0.494 e. The fraction of sp³-hybridized carbons (Fsp3) is 0.379. The number of benzene rings is 2. The summed E-state index contributed by atoms with van der Waals surface area (Å²) in [7, 11) is 0. The van der Waals surface area contributed by atoms with Gasteiger partial charge in [-0.05, 0) is 81.7 Å². The second kappa shape index (κ2) is 9.37. The van der Waals surface area contributed by atoms with Crippen molar-refractivity contribution in [3.63, 3.8) is 0 Å². The van der Waals surface area contributed by atoms with E-state index in [0.29, 0.717) is 24.3 Å². The Morgan fingerprint density at radius 2 is 1.94 bits per heavy atom. The molecule has 0 spiro atoms. The zero-order chi connectivity index (χ0) is 24.6. The molecule has 2 aromatic carbocycles. The summed E-state index contributed by atoms with van der Waals surface area (Å²) in [4.78, 5) is 12.3. The van der Waals surface area contributed by atoms with E-state index in [1.165, 1.54) is 6.42 Å². The minimum absolute atomic E-state index is 0.0472. The van der Waals surface area contributed by atoms with E-state index in [2.05, 4.69) is 39.3 Å². The fourth-order valence-corrected chi connectivity index (χ4v) is 5.14. The molecule has 1 atom stereocenters. The number of nitrogens with zero attached hydrogens (tertiary/aromatic N) is 2. The van der Waals surface area contributed by atoms with Crippen molar-refractivity contribution in [2.24, 2.45) is 5.92 Å². The number of nitrogens with one attached hydrogen (secondary N) is 1. The van der Waals surface area contributed by atoms with Crippen LogP contribution in [-0.4, -0.2) is 28.5 Å². The summed E-state index contributed by atoms with van der Waals surface area (Å²) in [6.45, 7) is 4.58. The number of fused-ring (bicyclic) bond motifs is 1. The van der Waals surface area contributed by atoms with Gasteiger partial charge in [0.2, 0.25) is 0 Å². The second-order valence-corrected chi connectivity index (χ2v) is 9.83. The van der Waals surface area contributed by atoms with Gasteiger partial charge in [-0.1, -0.05) is 17.3 Å². The van der Waals surface area contributed by atoms with Gasteiger partial charge in [-0.2, -0.15) is 0 Å². The van der Waals surface area contributed by atoms with Gasteiger partial charge in [0.25, 0.3) is 0 Å². The van der Waals surface area contributed by atoms with Crippen molar-refractivity contribution >= 4 is 22.7 Å². The van der Waals surface area contributed by atoms with E-state index in [0.717, 1.165) is 64.9 Å². The highest BCUT2D eigenvalue weighted by molar-refractivity contribution is 6.04. The molecule has 1 N–H and O–H groups in total. The molecule has 36 heavy (non-hydrogen) atoms. The number of carbonyl (C=O) groups is 1. The maximum absolute atomic E-state index is 12.3. The van der Waals surface area contributed by atoms with Crippen molar-refractivity contribution in [1.29, 1.82) is 0 Å². The molecule has 7 heteroatoms. The Hall–Kier alpha value is -3.74. The highest BCUT2D eigenvalue weighted by Crippen LogP contribution is 2.47. The number of anilines is 1. The van der Waals surface area contributed by atoms with Crippen LogP contribution in [0.1, 0.15) is 52.0 Å². The van der Waals surface area contributed by atoms with Crippen LogP contribution in [0.5, 0.6) is 5.75 Å². The smallest absolute Gasteiger partial charge is 0.411 e. The first-order valence-corrected chi connectivity index (χ1v) is 12.9. The van der Waals surface area contributed by atoms with Crippen molar-refractivity contribution in [2.75, 3.05) is 11.9 Å². The van der Waals surface area contributed by atoms with Crippen molar-refractivity contribution < 1.29 is 18.8 Å². The van der Waals surface area contributed by atoms with Crippen LogP contribution in [0.25, 0.3) is 33.4 Å². The summed E-state index contributed by atoms with van der Waals surface area (Å²) in [6.07, 6.45) is 6.93. The SMILES string of the molecule is CCOc1ccc2c(-c3ccon3)c(-c3ccc(NC(=O)OC(C)C4CC4)cc3)n(C3CCC3)c2c1. The summed E-state index contributed by atoms with van der Waals surface area (Å²) < 4.78 is 19.1. The Morgan fingerprint density at radius 1 is 1.14 bits per heavy atom. The first-order valence-electron chi connectivity index (χ1n) is 12.9. The van der Waals surface area contributed by atoms with Crippen LogP contribution in [-0.2, 0) is 4.74 Å². The van der Waals surface area contributed by atoms with Crippen molar-refractivity contribution in [2.45, 2.75) is 58.1 Å². The molecule has 6 rings (SSSR count). The van der Waals surface area contributed by atoms with Crippen molar-refractivity contribution in [3.05, 3.63) is 54.8 Å². The lowest BCUT2D eigenvalue weighted by molar-refractivity contribution is 0.108. The van der Waals surface area contributed by atoms with Crippen molar-refractivity contribution in [3.8, 4) is 28.3 Å². The van der Waals surface area contributed by atoms with Gasteiger partial charge in [0.15, 0.2) is 0 Å². The third-order valence-corrected chi connectivity index (χ3v) is 7.40. The summed E-state index contributed by atoms with van der Waals surface area (Å²) >= 11 is 0. The van der Waals surface area contributed by atoms with E-state index in [9.17, 15) is 4.79 Å². The Bertz CT molecular complexity index is 1370. The Kier molecular flexibility index (Phi) is 5.91.